The first-order valence-corrected chi connectivity index (χ1v) is 6.12. The molecule has 0 saturated carbocycles. The van der Waals surface area contributed by atoms with Gasteiger partial charge in [0.1, 0.15) is 0 Å². The molecule has 18 heavy (non-hydrogen) atoms. The van der Waals surface area contributed by atoms with Crippen LogP contribution in [0.5, 0.6) is 0 Å². The SMILES string of the molecule is CC(N)(C(=O)N1CCN2CCCC2C1)C(F)(F)F. The molecule has 0 aliphatic carbocycles. The highest BCUT2D eigenvalue weighted by Gasteiger charge is 2.55. The number of nitrogens with zero attached hydrogens (tertiary/aromatic N) is 2. The maximum Gasteiger partial charge on any atom is 0.415 e. The Morgan fingerprint density at radius 3 is 2.56 bits per heavy atom. The lowest BCUT2D eigenvalue weighted by molar-refractivity contribution is -0.195. The Kier molecular flexibility index (Phi) is 3.31. The van der Waals surface area contributed by atoms with Crippen LogP contribution in [-0.4, -0.2) is 59.6 Å². The molecule has 4 nitrogen and oxygen atoms in total. The Labute approximate surface area is 104 Å². The highest BCUT2D eigenvalue weighted by Crippen LogP contribution is 2.31. The summed E-state index contributed by atoms with van der Waals surface area (Å²) in [6.07, 6.45) is -2.72. The molecule has 2 atom stereocenters. The number of hydrogen-bond acceptors (Lipinski definition) is 3. The van der Waals surface area contributed by atoms with Crippen molar-refractivity contribution in [2.24, 2.45) is 5.73 Å². The van der Waals surface area contributed by atoms with Crippen LogP contribution in [0, 0.1) is 0 Å². The van der Waals surface area contributed by atoms with Crippen LogP contribution in [0.25, 0.3) is 0 Å². The van der Waals surface area contributed by atoms with Gasteiger partial charge < -0.3 is 10.6 Å². The van der Waals surface area contributed by atoms with Gasteiger partial charge in [0.15, 0.2) is 5.54 Å². The largest absolute Gasteiger partial charge is 0.415 e. The van der Waals surface area contributed by atoms with Crippen LogP contribution in [0.3, 0.4) is 0 Å². The van der Waals surface area contributed by atoms with Crippen molar-refractivity contribution in [3.8, 4) is 0 Å². The molecule has 0 aromatic rings. The molecule has 2 heterocycles. The van der Waals surface area contributed by atoms with E-state index in [2.05, 4.69) is 4.90 Å². The molecule has 0 aromatic heterocycles. The molecule has 2 fully saturated rings. The van der Waals surface area contributed by atoms with Crippen LogP contribution in [-0.2, 0) is 4.79 Å². The van der Waals surface area contributed by atoms with Crippen molar-refractivity contribution in [3.63, 3.8) is 0 Å². The van der Waals surface area contributed by atoms with Crippen molar-refractivity contribution in [2.75, 3.05) is 26.2 Å². The van der Waals surface area contributed by atoms with Crippen molar-refractivity contribution < 1.29 is 18.0 Å². The lowest BCUT2D eigenvalue weighted by Gasteiger charge is -2.40. The third-order valence-corrected chi connectivity index (χ3v) is 3.91. The van der Waals surface area contributed by atoms with E-state index in [1.807, 2.05) is 0 Å². The molecule has 2 N–H and O–H groups in total. The van der Waals surface area contributed by atoms with Crippen molar-refractivity contribution >= 4 is 5.91 Å². The number of piperazine rings is 1. The Morgan fingerprint density at radius 1 is 1.28 bits per heavy atom. The number of fused-ring (bicyclic) bond motifs is 1. The molecule has 1 amide bonds. The average molecular weight is 265 g/mol. The maximum absolute atomic E-state index is 12.7. The van der Waals surface area contributed by atoms with Gasteiger partial charge in [-0.1, -0.05) is 0 Å². The van der Waals surface area contributed by atoms with E-state index in [0.717, 1.165) is 26.3 Å². The molecular weight excluding hydrogens is 247 g/mol. The fraction of sp³-hybridized carbons (Fsp3) is 0.909. The van der Waals surface area contributed by atoms with Gasteiger partial charge >= 0.3 is 6.18 Å². The summed E-state index contributed by atoms with van der Waals surface area (Å²) in [5.74, 6) is -1.01. The van der Waals surface area contributed by atoms with Gasteiger partial charge in [0, 0.05) is 25.7 Å². The summed E-state index contributed by atoms with van der Waals surface area (Å²) in [7, 11) is 0. The molecule has 2 unspecified atom stereocenters. The molecule has 2 saturated heterocycles. The van der Waals surface area contributed by atoms with E-state index in [4.69, 9.17) is 5.73 Å². The first-order chi connectivity index (χ1) is 8.23. The van der Waals surface area contributed by atoms with Crippen LogP contribution in [0.1, 0.15) is 19.8 Å². The van der Waals surface area contributed by atoms with Gasteiger partial charge in [0.25, 0.3) is 5.91 Å². The third kappa shape index (κ3) is 2.21. The smallest absolute Gasteiger partial charge is 0.338 e. The van der Waals surface area contributed by atoms with E-state index < -0.39 is 17.6 Å². The quantitative estimate of drug-likeness (QED) is 0.754. The second-order valence-electron chi connectivity index (χ2n) is 5.28. The topological polar surface area (TPSA) is 49.6 Å². The highest BCUT2D eigenvalue weighted by molar-refractivity contribution is 5.86. The lowest BCUT2D eigenvalue weighted by Crippen LogP contribution is -2.65. The minimum atomic E-state index is -4.71. The van der Waals surface area contributed by atoms with Crippen LogP contribution >= 0.6 is 0 Å². The standard InChI is InChI=1S/C11H18F3N3O/c1-10(15,11(12,13)14)9(18)17-6-5-16-4-2-3-8(16)7-17/h8H,2-7,15H2,1H3. The Hall–Kier alpha value is -0.820. The van der Waals surface area contributed by atoms with E-state index >= 15 is 0 Å². The zero-order valence-corrected chi connectivity index (χ0v) is 10.3. The van der Waals surface area contributed by atoms with Crippen LogP contribution in [0.2, 0.25) is 0 Å². The molecule has 0 bridgehead atoms. The van der Waals surface area contributed by atoms with E-state index in [0.29, 0.717) is 19.6 Å². The van der Waals surface area contributed by atoms with E-state index in [-0.39, 0.29) is 6.04 Å². The summed E-state index contributed by atoms with van der Waals surface area (Å²) in [6.45, 7) is 3.06. The summed E-state index contributed by atoms with van der Waals surface area (Å²) in [5, 5.41) is 0. The predicted octanol–water partition coefficient (Wildman–Crippen LogP) is 0.573. The number of halogens is 3. The monoisotopic (exact) mass is 265 g/mol. The van der Waals surface area contributed by atoms with E-state index in [1.54, 1.807) is 0 Å². The number of amides is 1. The first kappa shape index (κ1) is 13.6. The van der Waals surface area contributed by atoms with Gasteiger partial charge in [-0.25, -0.2) is 0 Å². The summed E-state index contributed by atoms with van der Waals surface area (Å²) in [6, 6.07) is 0.201. The molecule has 0 aromatic carbocycles. The summed E-state index contributed by atoms with van der Waals surface area (Å²) >= 11 is 0. The average Bonchev–Trinajstić information content (AvgIpc) is 2.73. The van der Waals surface area contributed by atoms with Crippen LogP contribution < -0.4 is 5.73 Å². The van der Waals surface area contributed by atoms with Crippen molar-refractivity contribution in [1.29, 1.82) is 0 Å². The van der Waals surface area contributed by atoms with Crippen molar-refractivity contribution in [3.05, 3.63) is 0 Å². The van der Waals surface area contributed by atoms with E-state index in [9.17, 15) is 18.0 Å². The molecule has 0 radical (unpaired) electrons. The molecule has 0 spiro atoms. The van der Waals surface area contributed by atoms with Crippen LogP contribution in [0.15, 0.2) is 0 Å². The second-order valence-corrected chi connectivity index (χ2v) is 5.28. The maximum atomic E-state index is 12.7. The number of hydrogen-bond donors (Lipinski definition) is 1. The zero-order valence-electron chi connectivity index (χ0n) is 10.3. The number of nitrogens with two attached hydrogens (primary N) is 1. The minimum absolute atomic E-state index is 0.201. The van der Waals surface area contributed by atoms with Gasteiger partial charge in [-0.05, 0) is 26.3 Å². The van der Waals surface area contributed by atoms with Gasteiger partial charge in [0.05, 0.1) is 0 Å². The molecule has 104 valence electrons. The Bertz CT molecular complexity index is 343. The first-order valence-electron chi connectivity index (χ1n) is 6.12. The number of rotatable bonds is 1. The van der Waals surface area contributed by atoms with Gasteiger partial charge in [-0.3, -0.25) is 9.69 Å². The van der Waals surface area contributed by atoms with Gasteiger partial charge in [-0.2, -0.15) is 13.2 Å². The van der Waals surface area contributed by atoms with E-state index in [1.165, 1.54) is 4.90 Å². The summed E-state index contributed by atoms with van der Waals surface area (Å²) in [5.41, 5.74) is 2.39. The Balaban J connectivity index is 2.06. The van der Waals surface area contributed by atoms with Crippen molar-refractivity contribution in [2.45, 2.75) is 37.5 Å². The molecule has 7 heteroatoms. The van der Waals surface area contributed by atoms with Crippen molar-refractivity contribution in [1.82, 2.24) is 9.80 Å². The Morgan fingerprint density at radius 2 is 1.94 bits per heavy atom. The fourth-order valence-electron chi connectivity index (χ4n) is 2.63. The number of carbonyl (C=O) groups excluding carboxylic acids is 1. The minimum Gasteiger partial charge on any atom is -0.338 e. The van der Waals surface area contributed by atoms with Crippen LogP contribution in [0.4, 0.5) is 13.2 Å². The molecular formula is C11H18F3N3O. The normalized spacial score (nSPS) is 28.9. The fourth-order valence-corrected chi connectivity index (χ4v) is 2.63. The summed E-state index contributed by atoms with van der Waals surface area (Å²) < 4.78 is 38.2. The molecule has 2 aliphatic rings. The van der Waals surface area contributed by atoms with Gasteiger partial charge in [0.2, 0.25) is 0 Å². The summed E-state index contributed by atoms with van der Waals surface area (Å²) in [4.78, 5) is 15.4. The molecule has 2 rings (SSSR count). The predicted molar refractivity (Wildman–Crippen MR) is 59.8 cm³/mol. The highest BCUT2D eigenvalue weighted by atomic mass is 19.4. The third-order valence-electron chi connectivity index (χ3n) is 3.91. The molecule has 2 aliphatic heterocycles. The van der Waals surface area contributed by atoms with Gasteiger partial charge in [-0.15, -0.1) is 0 Å². The zero-order chi connectivity index (χ0) is 13.6. The number of carbonyl (C=O) groups is 1. The lowest BCUT2D eigenvalue weighted by atomic mass is 10.00. The second kappa shape index (κ2) is 4.38. The number of alkyl halides is 3.